The molecule has 0 radical (unpaired) electrons. The third-order valence-corrected chi connectivity index (χ3v) is 6.44. The molecule has 3 aliphatic rings. The molecule has 26 heavy (non-hydrogen) atoms. The summed E-state index contributed by atoms with van der Waals surface area (Å²) in [5.74, 6) is 1.15. The van der Waals surface area contributed by atoms with E-state index in [0.29, 0.717) is 6.54 Å². The van der Waals surface area contributed by atoms with Crippen molar-refractivity contribution < 1.29 is 9.53 Å². The predicted octanol–water partition coefficient (Wildman–Crippen LogP) is 3.42. The zero-order valence-electron chi connectivity index (χ0n) is 16.3. The topological polar surface area (TPSA) is 36.0 Å². The van der Waals surface area contributed by atoms with E-state index in [4.69, 9.17) is 4.74 Å². The van der Waals surface area contributed by atoms with Gasteiger partial charge < -0.3 is 14.5 Å². The van der Waals surface area contributed by atoms with E-state index < -0.39 is 0 Å². The van der Waals surface area contributed by atoms with Gasteiger partial charge in [0.15, 0.2) is 0 Å². The number of fused-ring (bicyclic) bond motifs is 3. The average molecular weight is 355 g/mol. The Labute approximate surface area is 156 Å². The summed E-state index contributed by atoms with van der Waals surface area (Å²) in [5.41, 5.74) is 3.47. The van der Waals surface area contributed by atoms with Crippen LogP contribution < -0.4 is 4.74 Å². The molecule has 0 N–H and O–H groups in total. The summed E-state index contributed by atoms with van der Waals surface area (Å²) in [5, 5.41) is 0. The number of carbonyl (C=O) groups is 1. The Morgan fingerprint density at radius 2 is 2.00 bits per heavy atom. The van der Waals surface area contributed by atoms with Gasteiger partial charge in [0.1, 0.15) is 5.75 Å². The lowest BCUT2D eigenvalue weighted by Gasteiger charge is -2.43. The number of likely N-dealkylation sites (N-methyl/N-ethyl adjacent to an activating group) is 1. The summed E-state index contributed by atoms with van der Waals surface area (Å²) in [6.07, 6.45) is 4.34. The number of hydrogen-bond acceptors (Lipinski definition) is 3. The van der Waals surface area contributed by atoms with E-state index in [1.807, 2.05) is 17.0 Å². The minimum Gasteiger partial charge on any atom is -0.496 e. The van der Waals surface area contributed by atoms with Crippen molar-refractivity contribution in [2.24, 2.45) is 0 Å². The molecular weight excluding hydrogens is 326 g/mol. The van der Waals surface area contributed by atoms with E-state index in [1.165, 1.54) is 16.8 Å². The molecule has 3 aliphatic heterocycles. The summed E-state index contributed by atoms with van der Waals surface area (Å²) in [6.45, 7) is 7.77. The minimum atomic E-state index is -0.151. The van der Waals surface area contributed by atoms with Gasteiger partial charge in [-0.05, 0) is 38.4 Å². The molecule has 4 rings (SSSR count). The van der Waals surface area contributed by atoms with Gasteiger partial charge in [0, 0.05) is 36.8 Å². The number of benzene rings is 1. The summed E-state index contributed by atoms with van der Waals surface area (Å²) in [4.78, 5) is 19.8. The highest BCUT2D eigenvalue weighted by Crippen LogP contribution is 2.48. The van der Waals surface area contributed by atoms with Crippen LogP contribution in [0.15, 0.2) is 30.0 Å². The quantitative estimate of drug-likeness (QED) is 0.816. The highest BCUT2D eigenvalue weighted by atomic mass is 16.5. The van der Waals surface area contributed by atoms with Gasteiger partial charge in [-0.1, -0.05) is 25.1 Å². The Morgan fingerprint density at radius 1 is 1.27 bits per heavy atom. The molecule has 0 aliphatic carbocycles. The molecule has 1 spiro atoms. The van der Waals surface area contributed by atoms with Crippen molar-refractivity contribution in [2.45, 2.75) is 44.7 Å². The van der Waals surface area contributed by atoms with E-state index >= 15 is 0 Å². The third kappa shape index (κ3) is 2.37. The second-order valence-electron chi connectivity index (χ2n) is 7.82. The van der Waals surface area contributed by atoms with Crippen LogP contribution in [0.3, 0.4) is 0 Å². The molecule has 2 amide bonds. The molecule has 1 aromatic rings. The molecule has 3 heterocycles. The van der Waals surface area contributed by atoms with Gasteiger partial charge in [-0.3, -0.25) is 4.90 Å². The Bertz CT molecular complexity index is 750. The van der Waals surface area contributed by atoms with Crippen molar-refractivity contribution in [3.63, 3.8) is 0 Å². The number of rotatable bonds is 2. The Hall–Kier alpha value is -2.01. The van der Waals surface area contributed by atoms with Crippen molar-refractivity contribution in [3.8, 4) is 5.75 Å². The molecule has 5 nitrogen and oxygen atoms in total. The number of amides is 2. The van der Waals surface area contributed by atoms with Crippen LogP contribution in [-0.4, -0.2) is 60.1 Å². The number of allylic oxidation sites excluding steroid dienone is 1. The molecule has 5 heteroatoms. The molecule has 1 atom stereocenters. The number of methoxy groups -OCH3 is 1. The van der Waals surface area contributed by atoms with Gasteiger partial charge in [-0.2, -0.15) is 0 Å². The number of piperidine rings is 1. The van der Waals surface area contributed by atoms with Gasteiger partial charge in [0.05, 0.1) is 19.2 Å². The number of likely N-dealkylation sites (tertiary alicyclic amines) is 1. The van der Waals surface area contributed by atoms with Crippen LogP contribution in [0.5, 0.6) is 5.75 Å². The van der Waals surface area contributed by atoms with Crippen LogP contribution in [-0.2, 0) is 6.54 Å². The number of ether oxygens (including phenoxy) is 1. The first-order valence-electron chi connectivity index (χ1n) is 9.67. The van der Waals surface area contributed by atoms with E-state index in [2.05, 4.69) is 42.8 Å². The van der Waals surface area contributed by atoms with Crippen molar-refractivity contribution in [3.05, 3.63) is 41.1 Å². The van der Waals surface area contributed by atoms with Gasteiger partial charge in [-0.25, -0.2) is 4.79 Å². The summed E-state index contributed by atoms with van der Waals surface area (Å²) in [7, 11) is 3.90. The molecule has 0 bridgehead atoms. The largest absolute Gasteiger partial charge is 0.496 e. The normalized spacial score (nSPS) is 25.0. The first-order valence-corrected chi connectivity index (χ1v) is 9.67. The summed E-state index contributed by atoms with van der Waals surface area (Å²) < 4.78 is 5.63. The Balaban J connectivity index is 1.83. The number of hydrogen-bond donors (Lipinski definition) is 0. The standard InChI is InChI=1S/C21H29N3O2/c1-5-24-20(25)23-14-16-7-6-8-17(26-4)19(16)15(2)13-18(23)21(24)9-11-22(3)12-10-21/h6-8,13,15H,5,9-12,14H2,1-4H3. The smallest absolute Gasteiger partial charge is 0.325 e. The van der Waals surface area contributed by atoms with Gasteiger partial charge in [0.2, 0.25) is 0 Å². The van der Waals surface area contributed by atoms with Crippen molar-refractivity contribution in [1.82, 2.24) is 14.7 Å². The number of urea groups is 1. The highest BCUT2D eigenvalue weighted by Gasteiger charge is 2.54. The van der Waals surface area contributed by atoms with Crippen molar-refractivity contribution >= 4 is 6.03 Å². The third-order valence-electron chi connectivity index (χ3n) is 6.44. The molecule has 1 unspecified atom stereocenters. The van der Waals surface area contributed by atoms with Gasteiger partial charge in [0.25, 0.3) is 0 Å². The van der Waals surface area contributed by atoms with Gasteiger partial charge in [-0.15, -0.1) is 0 Å². The maximum atomic E-state index is 13.3. The van der Waals surface area contributed by atoms with E-state index in [9.17, 15) is 4.79 Å². The van der Waals surface area contributed by atoms with Crippen LogP contribution in [0.2, 0.25) is 0 Å². The van der Waals surface area contributed by atoms with Gasteiger partial charge >= 0.3 is 6.03 Å². The van der Waals surface area contributed by atoms with Crippen molar-refractivity contribution in [2.75, 3.05) is 33.8 Å². The van der Waals surface area contributed by atoms with E-state index in [1.54, 1.807) is 7.11 Å². The minimum absolute atomic E-state index is 0.151. The average Bonchev–Trinajstić information content (AvgIpc) is 2.76. The SMILES string of the molecule is CCN1C(=O)N2Cc3cccc(OC)c3C(C)C=C2C12CCN(C)CC2. The summed E-state index contributed by atoms with van der Waals surface area (Å²) >= 11 is 0. The second kappa shape index (κ2) is 6.31. The first-order chi connectivity index (χ1) is 12.5. The Kier molecular flexibility index (Phi) is 4.22. The summed E-state index contributed by atoms with van der Waals surface area (Å²) in [6, 6.07) is 6.34. The monoisotopic (exact) mass is 355 g/mol. The lowest BCUT2D eigenvalue weighted by atomic mass is 9.82. The fourth-order valence-electron chi connectivity index (χ4n) is 5.08. The lowest BCUT2D eigenvalue weighted by molar-refractivity contribution is 0.104. The number of carbonyl (C=O) groups excluding carboxylic acids is 1. The van der Waals surface area contributed by atoms with Crippen LogP contribution in [0.25, 0.3) is 0 Å². The van der Waals surface area contributed by atoms with Crippen molar-refractivity contribution in [1.29, 1.82) is 0 Å². The molecule has 0 aromatic heterocycles. The second-order valence-corrected chi connectivity index (χ2v) is 7.82. The Morgan fingerprint density at radius 3 is 2.65 bits per heavy atom. The van der Waals surface area contributed by atoms with E-state index in [-0.39, 0.29) is 17.5 Å². The zero-order chi connectivity index (χ0) is 18.5. The molecule has 2 fully saturated rings. The fourth-order valence-corrected chi connectivity index (χ4v) is 5.08. The highest BCUT2D eigenvalue weighted by molar-refractivity contribution is 5.83. The van der Waals surface area contributed by atoms with Crippen LogP contribution >= 0.6 is 0 Å². The zero-order valence-corrected chi connectivity index (χ0v) is 16.3. The fraction of sp³-hybridized carbons (Fsp3) is 0.571. The molecule has 2 saturated heterocycles. The molecule has 1 aromatic carbocycles. The molecule has 0 saturated carbocycles. The maximum absolute atomic E-state index is 13.3. The van der Waals surface area contributed by atoms with E-state index in [0.717, 1.165) is 38.2 Å². The molecule has 140 valence electrons. The van der Waals surface area contributed by atoms with Crippen LogP contribution in [0.4, 0.5) is 4.79 Å². The number of nitrogens with zero attached hydrogens (tertiary/aromatic N) is 3. The maximum Gasteiger partial charge on any atom is 0.325 e. The van der Waals surface area contributed by atoms with Crippen LogP contribution in [0.1, 0.15) is 43.7 Å². The predicted molar refractivity (Wildman–Crippen MR) is 102 cm³/mol. The first kappa shape index (κ1) is 17.4. The lowest BCUT2D eigenvalue weighted by Crippen LogP contribution is -2.53. The molecular formula is C21H29N3O2. The van der Waals surface area contributed by atoms with Crippen LogP contribution in [0, 0.1) is 0 Å².